The molecule has 0 unspecified atom stereocenters. The molecule has 1 N–H and O–H groups in total. The van der Waals surface area contributed by atoms with Crippen molar-refractivity contribution < 1.29 is 13.2 Å². The highest BCUT2D eigenvalue weighted by atomic mass is 32.2. The van der Waals surface area contributed by atoms with E-state index in [1.807, 2.05) is 0 Å². The number of nitrogens with one attached hydrogen (secondary N) is 1. The molecule has 0 saturated heterocycles. The Bertz CT molecular complexity index is 485. The first kappa shape index (κ1) is 13.5. The van der Waals surface area contributed by atoms with Gasteiger partial charge in [0.25, 0.3) is 0 Å². The summed E-state index contributed by atoms with van der Waals surface area (Å²) in [7, 11) is -2.02. The maximum Gasteiger partial charge on any atom is 0.243 e. The van der Waals surface area contributed by atoms with Gasteiger partial charge in [-0.05, 0) is 19.1 Å². The highest BCUT2D eigenvalue weighted by Crippen LogP contribution is 2.19. The van der Waals surface area contributed by atoms with Crippen LogP contribution in [-0.2, 0) is 14.8 Å². The molecule has 1 atom stereocenters. The molecule has 0 spiro atoms. The molecule has 0 fully saturated rings. The molecule has 0 radical (unpaired) electrons. The van der Waals surface area contributed by atoms with Gasteiger partial charge in [-0.25, -0.2) is 8.42 Å². The lowest BCUT2D eigenvalue weighted by atomic mass is 10.2. The number of carbonyl (C=O) groups excluding carboxylic acids is 1. The fourth-order valence-corrected chi connectivity index (χ4v) is 2.77. The van der Waals surface area contributed by atoms with Crippen molar-refractivity contribution in [1.29, 1.82) is 0 Å². The van der Waals surface area contributed by atoms with E-state index >= 15 is 0 Å². The van der Waals surface area contributed by atoms with Crippen LogP contribution >= 0.6 is 0 Å². The number of amides is 1. The highest BCUT2D eigenvalue weighted by molar-refractivity contribution is 7.92. The topological polar surface area (TPSA) is 66.5 Å². The first-order chi connectivity index (χ1) is 7.88. The lowest BCUT2D eigenvalue weighted by Gasteiger charge is -2.27. The van der Waals surface area contributed by atoms with Crippen molar-refractivity contribution in [2.45, 2.75) is 13.0 Å². The second kappa shape index (κ2) is 5.18. The summed E-state index contributed by atoms with van der Waals surface area (Å²) < 4.78 is 24.6. The fraction of sp³-hybridized carbons (Fsp3) is 0.364. The van der Waals surface area contributed by atoms with Gasteiger partial charge in [-0.2, -0.15) is 0 Å². The van der Waals surface area contributed by atoms with Crippen molar-refractivity contribution in [2.24, 2.45) is 0 Å². The van der Waals surface area contributed by atoms with Crippen molar-refractivity contribution in [3.05, 3.63) is 30.3 Å². The third-order valence-electron chi connectivity index (χ3n) is 2.35. The highest BCUT2D eigenvalue weighted by Gasteiger charge is 2.27. The van der Waals surface area contributed by atoms with Crippen LogP contribution < -0.4 is 9.62 Å². The van der Waals surface area contributed by atoms with E-state index in [1.165, 1.54) is 7.05 Å². The van der Waals surface area contributed by atoms with Crippen LogP contribution in [0.1, 0.15) is 6.92 Å². The number of carbonyl (C=O) groups is 1. The zero-order valence-corrected chi connectivity index (χ0v) is 10.9. The van der Waals surface area contributed by atoms with E-state index in [0.717, 1.165) is 10.6 Å². The van der Waals surface area contributed by atoms with E-state index in [0.29, 0.717) is 5.69 Å². The standard InChI is InChI=1S/C11H16N2O3S/c1-9(11(14)12-2)13(17(3,15)16)10-7-5-4-6-8-10/h4-9H,1-3H3,(H,12,14)/t9-/m0/s1. The number of sulfonamides is 1. The van der Waals surface area contributed by atoms with Crippen LogP contribution in [0.2, 0.25) is 0 Å². The van der Waals surface area contributed by atoms with Crippen LogP contribution in [0, 0.1) is 0 Å². The van der Waals surface area contributed by atoms with Gasteiger partial charge in [-0.15, -0.1) is 0 Å². The summed E-state index contributed by atoms with van der Waals surface area (Å²) in [6.45, 7) is 1.55. The third kappa shape index (κ3) is 3.20. The van der Waals surface area contributed by atoms with Crippen LogP contribution in [0.25, 0.3) is 0 Å². The molecule has 5 nitrogen and oxygen atoms in total. The van der Waals surface area contributed by atoms with Crippen LogP contribution in [0.5, 0.6) is 0 Å². The molecular weight excluding hydrogens is 240 g/mol. The number of likely N-dealkylation sites (N-methyl/N-ethyl adjacent to an activating group) is 1. The molecule has 0 heterocycles. The summed E-state index contributed by atoms with van der Waals surface area (Å²) in [5.74, 6) is -0.348. The molecule has 0 saturated carbocycles. The number of benzene rings is 1. The summed E-state index contributed by atoms with van der Waals surface area (Å²) in [6.07, 6.45) is 1.08. The minimum atomic E-state index is -3.50. The smallest absolute Gasteiger partial charge is 0.243 e. The zero-order valence-electron chi connectivity index (χ0n) is 10.0. The average Bonchev–Trinajstić information content (AvgIpc) is 2.27. The van der Waals surface area contributed by atoms with E-state index in [2.05, 4.69) is 5.32 Å². The Hall–Kier alpha value is -1.56. The summed E-state index contributed by atoms with van der Waals surface area (Å²) in [6, 6.07) is 7.77. The molecule has 1 rings (SSSR count). The number of nitrogens with zero attached hydrogens (tertiary/aromatic N) is 1. The number of hydrogen-bond donors (Lipinski definition) is 1. The number of rotatable bonds is 4. The van der Waals surface area contributed by atoms with E-state index in [1.54, 1.807) is 37.3 Å². The first-order valence-corrected chi connectivity index (χ1v) is 6.99. The molecule has 0 aliphatic heterocycles. The summed E-state index contributed by atoms with van der Waals surface area (Å²) in [4.78, 5) is 11.6. The average molecular weight is 256 g/mol. The molecule has 6 heteroatoms. The Balaban J connectivity index is 3.20. The second-order valence-corrected chi connectivity index (χ2v) is 5.54. The van der Waals surface area contributed by atoms with Crippen molar-refractivity contribution in [1.82, 2.24) is 5.32 Å². The Morgan fingerprint density at radius 2 is 1.82 bits per heavy atom. The zero-order chi connectivity index (χ0) is 13.1. The molecule has 0 aliphatic rings. The van der Waals surface area contributed by atoms with E-state index in [9.17, 15) is 13.2 Å². The summed E-state index contributed by atoms with van der Waals surface area (Å²) in [5.41, 5.74) is 0.478. The lowest BCUT2D eigenvalue weighted by Crippen LogP contribution is -2.46. The van der Waals surface area contributed by atoms with Crippen LogP contribution in [0.4, 0.5) is 5.69 Å². The molecule has 17 heavy (non-hydrogen) atoms. The first-order valence-electron chi connectivity index (χ1n) is 5.14. The van der Waals surface area contributed by atoms with Gasteiger partial charge in [0.1, 0.15) is 6.04 Å². The number of para-hydroxylation sites is 1. The van der Waals surface area contributed by atoms with Gasteiger partial charge in [-0.3, -0.25) is 9.10 Å². The minimum Gasteiger partial charge on any atom is -0.357 e. The Morgan fingerprint density at radius 1 is 1.29 bits per heavy atom. The third-order valence-corrected chi connectivity index (χ3v) is 3.59. The van der Waals surface area contributed by atoms with Gasteiger partial charge in [0.15, 0.2) is 0 Å². The molecule has 94 valence electrons. The maximum atomic E-state index is 11.7. The van der Waals surface area contributed by atoms with Crippen LogP contribution in [0.3, 0.4) is 0 Å². The van der Waals surface area contributed by atoms with E-state index in [-0.39, 0.29) is 5.91 Å². The van der Waals surface area contributed by atoms with Crippen molar-refractivity contribution in [3.63, 3.8) is 0 Å². The molecule has 1 aromatic carbocycles. The van der Waals surface area contributed by atoms with Crippen molar-refractivity contribution >= 4 is 21.6 Å². The predicted molar refractivity (Wildman–Crippen MR) is 67.3 cm³/mol. The summed E-state index contributed by atoms with van der Waals surface area (Å²) in [5, 5.41) is 2.44. The SMILES string of the molecule is CNC(=O)[C@H](C)N(c1ccccc1)S(C)(=O)=O. The van der Waals surface area contributed by atoms with Gasteiger partial charge in [0.2, 0.25) is 15.9 Å². The van der Waals surface area contributed by atoms with Gasteiger partial charge >= 0.3 is 0 Å². The predicted octanol–water partition coefficient (Wildman–Crippen LogP) is 0.587. The number of hydrogen-bond acceptors (Lipinski definition) is 3. The van der Waals surface area contributed by atoms with E-state index in [4.69, 9.17) is 0 Å². The Morgan fingerprint density at radius 3 is 2.24 bits per heavy atom. The fourth-order valence-electron chi connectivity index (χ4n) is 1.59. The molecule has 0 bridgehead atoms. The Labute approximate surface area is 101 Å². The second-order valence-electron chi connectivity index (χ2n) is 3.68. The minimum absolute atomic E-state index is 0.348. The molecular formula is C11H16N2O3S. The molecule has 1 amide bonds. The molecule has 1 aromatic rings. The largest absolute Gasteiger partial charge is 0.357 e. The maximum absolute atomic E-state index is 11.7. The van der Waals surface area contributed by atoms with Crippen LogP contribution in [0.15, 0.2) is 30.3 Å². The van der Waals surface area contributed by atoms with Gasteiger partial charge in [0, 0.05) is 7.05 Å². The molecule has 0 aromatic heterocycles. The van der Waals surface area contributed by atoms with Gasteiger partial charge < -0.3 is 5.32 Å². The van der Waals surface area contributed by atoms with Gasteiger partial charge in [0.05, 0.1) is 11.9 Å². The number of anilines is 1. The summed E-state index contributed by atoms with van der Waals surface area (Å²) >= 11 is 0. The normalized spacial score (nSPS) is 12.9. The van der Waals surface area contributed by atoms with Crippen LogP contribution in [-0.4, -0.2) is 33.7 Å². The Kier molecular flexibility index (Phi) is 4.11. The molecule has 0 aliphatic carbocycles. The van der Waals surface area contributed by atoms with E-state index < -0.39 is 16.1 Å². The van der Waals surface area contributed by atoms with Crippen molar-refractivity contribution in [3.8, 4) is 0 Å². The van der Waals surface area contributed by atoms with Gasteiger partial charge in [-0.1, -0.05) is 18.2 Å². The monoisotopic (exact) mass is 256 g/mol. The lowest BCUT2D eigenvalue weighted by molar-refractivity contribution is -0.121. The van der Waals surface area contributed by atoms with Crippen molar-refractivity contribution in [2.75, 3.05) is 17.6 Å². The quantitative estimate of drug-likeness (QED) is 0.857.